The van der Waals surface area contributed by atoms with Crippen LogP contribution in [0, 0.1) is 0 Å². The van der Waals surface area contributed by atoms with Crippen LogP contribution in [0.2, 0.25) is 0 Å². The van der Waals surface area contributed by atoms with Gasteiger partial charge in [0.25, 0.3) is 5.91 Å². The Kier molecular flexibility index (Phi) is 4.04. The molecule has 5 nitrogen and oxygen atoms in total. The van der Waals surface area contributed by atoms with Crippen LogP contribution in [0.3, 0.4) is 0 Å². The van der Waals surface area contributed by atoms with Gasteiger partial charge in [0, 0.05) is 13.1 Å². The van der Waals surface area contributed by atoms with Crippen LogP contribution in [0.4, 0.5) is 0 Å². The summed E-state index contributed by atoms with van der Waals surface area (Å²) in [7, 11) is 0. The lowest BCUT2D eigenvalue weighted by molar-refractivity contribution is 0.0956. The molecule has 4 rings (SSSR count). The predicted molar refractivity (Wildman–Crippen MR) is 90.4 cm³/mol. The largest absolute Gasteiger partial charge is 0.350 e. The number of imidazole rings is 1. The summed E-state index contributed by atoms with van der Waals surface area (Å²) in [5.74, 6) is 1.12. The van der Waals surface area contributed by atoms with Gasteiger partial charge in [-0.25, -0.2) is 4.98 Å². The molecule has 0 atom stereocenters. The highest BCUT2D eigenvalue weighted by Crippen LogP contribution is 2.23. The summed E-state index contributed by atoms with van der Waals surface area (Å²) in [4.78, 5) is 19.6. The molecule has 122 valence electrons. The Bertz CT molecular complexity index is 713. The number of hydrogen-bond acceptors (Lipinski definition) is 3. The van der Waals surface area contributed by atoms with Crippen LogP contribution in [0.15, 0.2) is 18.2 Å². The van der Waals surface area contributed by atoms with E-state index in [4.69, 9.17) is 4.98 Å². The van der Waals surface area contributed by atoms with E-state index in [2.05, 4.69) is 14.8 Å². The molecule has 1 N–H and O–H groups in total. The standard InChI is InChI=1S/C18H24N4O/c23-18-14-7-6-8-15-17(14)22(12-9-19-18)16(20-15)13-21-10-4-2-1-3-5-11-21/h6-8H,1-5,9-13H2,(H,19,23). The second-order valence-corrected chi connectivity index (χ2v) is 6.65. The monoisotopic (exact) mass is 312 g/mol. The topological polar surface area (TPSA) is 50.2 Å². The third-order valence-corrected chi connectivity index (χ3v) is 5.03. The van der Waals surface area contributed by atoms with Gasteiger partial charge in [-0.2, -0.15) is 0 Å². The lowest BCUT2D eigenvalue weighted by Crippen LogP contribution is -2.29. The molecular weight excluding hydrogens is 288 g/mol. The van der Waals surface area contributed by atoms with Crippen LogP contribution in [0.1, 0.15) is 48.3 Å². The first kappa shape index (κ1) is 14.7. The van der Waals surface area contributed by atoms with E-state index in [9.17, 15) is 4.79 Å². The zero-order chi connectivity index (χ0) is 15.6. The van der Waals surface area contributed by atoms with Gasteiger partial charge >= 0.3 is 0 Å². The molecule has 2 aliphatic heterocycles. The Morgan fingerprint density at radius 3 is 2.65 bits per heavy atom. The molecular formula is C18H24N4O. The van der Waals surface area contributed by atoms with Gasteiger partial charge in [-0.1, -0.05) is 25.3 Å². The number of para-hydroxylation sites is 1. The average Bonchev–Trinajstić information content (AvgIpc) is 2.77. The molecule has 23 heavy (non-hydrogen) atoms. The highest BCUT2D eigenvalue weighted by atomic mass is 16.1. The fourth-order valence-electron chi connectivity index (χ4n) is 3.83. The predicted octanol–water partition coefficient (Wildman–Crippen LogP) is 2.55. The van der Waals surface area contributed by atoms with Crippen LogP contribution in [-0.2, 0) is 13.1 Å². The number of rotatable bonds is 2. The van der Waals surface area contributed by atoms with Crippen LogP contribution in [0.5, 0.6) is 0 Å². The quantitative estimate of drug-likeness (QED) is 0.927. The number of amides is 1. The van der Waals surface area contributed by atoms with Crippen molar-refractivity contribution in [2.75, 3.05) is 19.6 Å². The second-order valence-electron chi connectivity index (χ2n) is 6.65. The first-order chi connectivity index (χ1) is 11.3. The van der Waals surface area contributed by atoms with E-state index in [0.717, 1.165) is 48.6 Å². The minimum absolute atomic E-state index is 0.0204. The number of nitrogens with one attached hydrogen (secondary N) is 1. The molecule has 0 radical (unpaired) electrons. The number of benzene rings is 1. The van der Waals surface area contributed by atoms with Gasteiger partial charge in [0.1, 0.15) is 5.82 Å². The van der Waals surface area contributed by atoms with Crippen LogP contribution < -0.4 is 5.32 Å². The first-order valence-corrected chi connectivity index (χ1v) is 8.81. The Labute approximate surface area is 136 Å². The number of carbonyl (C=O) groups excluding carboxylic acids is 1. The number of aromatic nitrogens is 2. The summed E-state index contributed by atoms with van der Waals surface area (Å²) in [6, 6.07) is 5.85. The Hall–Kier alpha value is -1.88. The van der Waals surface area contributed by atoms with Crippen LogP contribution in [-0.4, -0.2) is 40.0 Å². The van der Waals surface area contributed by atoms with Gasteiger partial charge in [0.15, 0.2) is 0 Å². The van der Waals surface area contributed by atoms with Crippen molar-refractivity contribution in [3.63, 3.8) is 0 Å². The summed E-state index contributed by atoms with van der Waals surface area (Å²) >= 11 is 0. The Balaban J connectivity index is 1.68. The van der Waals surface area contributed by atoms with Gasteiger partial charge in [0.05, 0.1) is 23.1 Å². The maximum Gasteiger partial charge on any atom is 0.253 e. The van der Waals surface area contributed by atoms with Crippen molar-refractivity contribution < 1.29 is 4.79 Å². The maximum atomic E-state index is 12.2. The molecule has 5 heteroatoms. The second kappa shape index (κ2) is 6.32. The van der Waals surface area contributed by atoms with Crippen LogP contribution >= 0.6 is 0 Å². The van der Waals surface area contributed by atoms with Crippen molar-refractivity contribution in [2.24, 2.45) is 0 Å². The van der Waals surface area contributed by atoms with Crippen LogP contribution in [0.25, 0.3) is 11.0 Å². The zero-order valence-electron chi connectivity index (χ0n) is 13.6. The molecule has 2 aliphatic rings. The van der Waals surface area contributed by atoms with E-state index >= 15 is 0 Å². The number of nitrogens with zero attached hydrogens (tertiary/aromatic N) is 3. The maximum absolute atomic E-state index is 12.2. The normalized spacial score (nSPS) is 19.9. The van der Waals surface area contributed by atoms with E-state index in [1.54, 1.807) is 0 Å². The minimum atomic E-state index is 0.0204. The van der Waals surface area contributed by atoms with Crippen molar-refractivity contribution in [1.82, 2.24) is 19.8 Å². The molecule has 1 aromatic carbocycles. The number of likely N-dealkylation sites (tertiary alicyclic amines) is 1. The van der Waals surface area contributed by atoms with E-state index in [1.165, 1.54) is 32.1 Å². The fraction of sp³-hybridized carbons (Fsp3) is 0.556. The molecule has 0 unspecified atom stereocenters. The molecule has 2 aromatic rings. The smallest absolute Gasteiger partial charge is 0.253 e. The van der Waals surface area contributed by atoms with Crippen molar-refractivity contribution in [3.8, 4) is 0 Å². The molecule has 1 saturated heterocycles. The summed E-state index contributed by atoms with van der Waals surface area (Å²) in [6.45, 7) is 4.69. The number of carbonyl (C=O) groups is 1. The van der Waals surface area contributed by atoms with Gasteiger partial charge in [0.2, 0.25) is 0 Å². The third-order valence-electron chi connectivity index (χ3n) is 5.03. The third kappa shape index (κ3) is 2.85. The average molecular weight is 312 g/mol. The molecule has 0 aliphatic carbocycles. The van der Waals surface area contributed by atoms with Gasteiger partial charge in [-0.3, -0.25) is 9.69 Å². The minimum Gasteiger partial charge on any atom is -0.350 e. The first-order valence-electron chi connectivity index (χ1n) is 8.81. The highest BCUT2D eigenvalue weighted by Gasteiger charge is 2.22. The Morgan fingerprint density at radius 1 is 1.04 bits per heavy atom. The fourth-order valence-corrected chi connectivity index (χ4v) is 3.83. The van der Waals surface area contributed by atoms with Crippen molar-refractivity contribution >= 4 is 16.9 Å². The van der Waals surface area contributed by atoms with Crippen molar-refractivity contribution in [1.29, 1.82) is 0 Å². The van der Waals surface area contributed by atoms with E-state index < -0.39 is 0 Å². The molecule has 0 bridgehead atoms. The lowest BCUT2D eigenvalue weighted by atomic mass is 10.1. The number of hydrogen-bond donors (Lipinski definition) is 1. The summed E-state index contributed by atoms with van der Waals surface area (Å²) in [5, 5.41) is 2.99. The molecule has 3 heterocycles. The molecule has 1 aromatic heterocycles. The van der Waals surface area contributed by atoms with E-state index in [1.807, 2.05) is 18.2 Å². The van der Waals surface area contributed by atoms with Gasteiger partial charge < -0.3 is 9.88 Å². The van der Waals surface area contributed by atoms with Crippen molar-refractivity contribution in [3.05, 3.63) is 29.6 Å². The van der Waals surface area contributed by atoms with E-state index in [-0.39, 0.29) is 5.91 Å². The molecule has 1 amide bonds. The zero-order valence-corrected chi connectivity index (χ0v) is 13.6. The van der Waals surface area contributed by atoms with Gasteiger partial charge in [-0.15, -0.1) is 0 Å². The van der Waals surface area contributed by atoms with Crippen molar-refractivity contribution in [2.45, 2.75) is 45.2 Å². The van der Waals surface area contributed by atoms with Gasteiger partial charge in [-0.05, 0) is 38.1 Å². The molecule has 1 fully saturated rings. The Morgan fingerprint density at radius 2 is 1.83 bits per heavy atom. The molecule has 0 saturated carbocycles. The molecule has 0 spiro atoms. The highest BCUT2D eigenvalue weighted by molar-refractivity contribution is 6.05. The van der Waals surface area contributed by atoms with E-state index in [0.29, 0.717) is 6.54 Å². The summed E-state index contributed by atoms with van der Waals surface area (Å²) in [5.41, 5.74) is 2.71. The lowest BCUT2D eigenvalue weighted by Gasteiger charge is -2.24. The SMILES string of the molecule is O=C1NCCn2c(CN3CCCCCCC3)nc3cccc1c32. The summed E-state index contributed by atoms with van der Waals surface area (Å²) in [6.07, 6.45) is 6.63. The summed E-state index contributed by atoms with van der Waals surface area (Å²) < 4.78 is 2.25.